The molecular weight excluding hydrogens is 191 g/mol. The van der Waals surface area contributed by atoms with Crippen LogP contribution in [-0.2, 0) is 11.0 Å². The molecule has 1 aliphatic heterocycles. The summed E-state index contributed by atoms with van der Waals surface area (Å²) in [4.78, 5) is 0. The third-order valence-electron chi connectivity index (χ3n) is 3.41. The van der Waals surface area contributed by atoms with Crippen molar-refractivity contribution in [2.75, 3.05) is 12.8 Å². The Morgan fingerprint density at radius 1 is 1.29 bits per heavy atom. The van der Waals surface area contributed by atoms with E-state index in [-0.39, 0.29) is 0 Å². The van der Waals surface area contributed by atoms with Gasteiger partial charge >= 0.3 is 0 Å². The van der Waals surface area contributed by atoms with Crippen LogP contribution in [-0.4, -0.2) is 12.8 Å². The molecule has 0 saturated carbocycles. The molecule has 0 N–H and O–H groups in total. The van der Waals surface area contributed by atoms with Gasteiger partial charge in [-0.1, -0.05) is 24.3 Å². The Balaban J connectivity index is 2.20. The average molecular weight is 204 g/mol. The van der Waals surface area contributed by atoms with E-state index in [0.717, 1.165) is 19.0 Å². The molecule has 0 spiro atoms. The van der Waals surface area contributed by atoms with E-state index in [1.807, 2.05) is 6.66 Å². The van der Waals surface area contributed by atoms with Gasteiger partial charge in [-0.15, -0.1) is 0 Å². The molecule has 1 aromatic rings. The Hall–Kier alpha value is -0.810. The molecule has 1 aromatic carbocycles. The van der Waals surface area contributed by atoms with Crippen molar-refractivity contribution in [3.63, 3.8) is 0 Å². The highest BCUT2D eigenvalue weighted by molar-refractivity contribution is 7.68. The number of hydrogen-bond acceptors (Lipinski definition) is 1. The first-order valence-electron chi connectivity index (χ1n) is 5.06. The molecule has 1 atom stereocenters. The first-order valence-corrected chi connectivity index (χ1v) is 7.40. The van der Waals surface area contributed by atoms with Gasteiger partial charge in [-0.05, 0) is 35.1 Å². The molecule has 1 unspecified atom stereocenters. The summed E-state index contributed by atoms with van der Waals surface area (Å²) in [6.07, 6.45) is 2.87. The second-order valence-corrected chi connectivity index (χ2v) is 7.52. The van der Waals surface area contributed by atoms with Crippen LogP contribution in [0.3, 0.4) is 0 Å². The van der Waals surface area contributed by atoms with Crippen molar-refractivity contribution in [1.82, 2.24) is 0 Å². The Morgan fingerprint density at radius 3 is 2.93 bits per heavy atom. The second kappa shape index (κ2) is 2.61. The van der Waals surface area contributed by atoms with Crippen LogP contribution in [0.1, 0.15) is 17.5 Å². The van der Waals surface area contributed by atoms with Gasteiger partial charge in [-0.2, -0.15) is 0 Å². The van der Waals surface area contributed by atoms with Crippen molar-refractivity contribution in [2.45, 2.75) is 12.8 Å². The molecule has 0 aromatic heterocycles. The third-order valence-corrected chi connectivity index (χ3v) is 6.06. The fourth-order valence-electron chi connectivity index (χ4n) is 2.60. The lowest BCUT2D eigenvalue weighted by molar-refractivity contribution is 0.583. The van der Waals surface area contributed by atoms with Gasteiger partial charge in [0.1, 0.15) is 7.14 Å². The van der Waals surface area contributed by atoms with E-state index in [4.69, 9.17) is 0 Å². The van der Waals surface area contributed by atoms with Crippen molar-refractivity contribution in [2.24, 2.45) is 0 Å². The largest absolute Gasteiger partial charge is 0.319 e. The number of benzene rings is 1. The number of rotatable bonds is 0. The molecule has 2 aliphatic rings. The van der Waals surface area contributed by atoms with Crippen LogP contribution in [0.5, 0.6) is 0 Å². The topological polar surface area (TPSA) is 17.1 Å². The van der Waals surface area contributed by atoms with Crippen molar-refractivity contribution in [1.29, 1.82) is 0 Å². The van der Waals surface area contributed by atoms with Gasteiger partial charge in [-0.25, -0.2) is 0 Å². The summed E-state index contributed by atoms with van der Waals surface area (Å²) in [7, 11) is -1.95. The monoisotopic (exact) mass is 204 g/mol. The highest BCUT2D eigenvalue weighted by Crippen LogP contribution is 2.63. The van der Waals surface area contributed by atoms with Crippen LogP contribution in [0.4, 0.5) is 0 Å². The predicted molar refractivity (Wildman–Crippen MR) is 60.1 cm³/mol. The Bertz CT molecular complexity index is 485. The minimum Gasteiger partial charge on any atom is -0.319 e. The molecule has 3 rings (SSSR count). The fourth-order valence-corrected chi connectivity index (χ4v) is 4.83. The van der Waals surface area contributed by atoms with E-state index in [9.17, 15) is 4.57 Å². The normalized spacial score (nSPS) is 29.2. The molecular formula is C12H13OP. The smallest absolute Gasteiger partial charge is 0.109 e. The Morgan fingerprint density at radius 2 is 2.07 bits per heavy atom. The molecule has 0 amide bonds. The van der Waals surface area contributed by atoms with Gasteiger partial charge in [0.2, 0.25) is 0 Å². The van der Waals surface area contributed by atoms with Crippen LogP contribution in [0.25, 0.3) is 5.57 Å². The minimum atomic E-state index is -1.95. The van der Waals surface area contributed by atoms with Crippen LogP contribution >= 0.6 is 7.14 Å². The fraction of sp³-hybridized carbons (Fsp3) is 0.333. The number of allylic oxidation sites excluding steroid dienone is 2. The molecule has 1 heterocycles. The van der Waals surface area contributed by atoms with E-state index in [1.165, 1.54) is 22.0 Å². The summed E-state index contributed by atoms with van der Waals surface area (Å²) in [5.41, 5.74) is 4.13. The summed E-state index contributed by atoms with van der Waals surface area (Å²) in [6.45, 7) is 1.95. The van der Waals surface area contributed by atoms with E-state index < -0.39 is 7.14 Å². The maximum atomic E-state index is 12.2. The van der Waals surface area contributed by atoms with Gasteiger partial charge in [-0.3, -0.25) is 0 Å². The summed E-state index contributed by atoms with van der Waals surface area (Å²) in [5, 5.41) is 1.26. The zero-order chi connectivity index (χ0) is 9.76. The first kappa shape index (κ1) is 8.49. The maximum absolute atomic E-state index is 12.2. The number of fused-ring (bicyclic) bond motifs is 2. The van der Waals surface area contributed by atoms with Crippen molar-refractivity contribution < 1.29 is 4.57 Å². The molecule has 14 heavy (non-hydrogen) atoms. The molecule has 72 valence electrons. The van der Waals surface area contributed by atoms with Crippen LogP contribution in [0.2, 0.25) is 0 Å². The summed E-state index contributed by atoms with van der Waals surface area (Å²) < 4.78 is 12.2. The minimum absolute atomic E-state index is 0.895. The predicted octanol–water partition coefficient (Wildman–Crippen LogP) is 3.35. The molecule has 1 nitrogen and oxygen atoms in total. The van der Waals surface area contributed by atoms with Crippen LogP contribution < -0.4 is 0 Å². The molecule has 0 bridgehead atoms. The van der Waals surface area contributed by atoms with Gasteiger partial charge in [0.15, 0.2) is 0 Å². The molecule has 1 aliphatic carbocycles. The van der Waals surface area contributed by atoms with Crippen LogP contribution in [0, 0.1) is 0 Å². The van der Waals surface area contributed by atoms with Gasteiger partial charge in [0.25, 0.3) is 0 Å². The quantitative estimate of drug-likeness (QED) is 0.592. The second-order valence-electron chi connectivity index (χ2n) is 4.33. The molecule has 0 radical (unpaired) electrons. The molecule has 0 saturated heterocycles. The average Bonchev–Trinajstić information content (AvgIpc) is 2.65. The summed E-state index contributed by atoms with van der Waals surface area (Å²) in [6, 6.07) is 8.48. The maximum Gasteiger partial charge on any atom is 0.109 e. The summed E-state index contributed by atoms with van der Waals surface area (Å²) in [5.74, 6) is 0. The van der Waals surface area contributed by atoms with E-state index in [0.29, 0.717) is 0 Å². The van der Waals surface area contributed by atoms with Gasteiger partial charge in [0, 0.05) is 12.6 Å². The van der Waals surface area contributed by atoms with E-state index in [2.05, 4.69) is 24.3 Å². The Kier molecular flexibility index (Phi) is 1.58. The van der Waals surface area contributed by atoms with Crippen molar-refractivity contribution in [3.8, 4) is 0 Å². The SMILES string of the molecule is CP1(=O)CCC2=C1Cc1ccccc12. The van der Waals surface area contributed by atoms with E-state index in [1.54, 1.807) is 0 Å². The Labute approximate surface area is 84.2 Å². The lowest BCUT2D eigenvalue weighted by Gasteiger charge is -2.08. The highest BCUT2D eigenvalue weighted by atomic mass is 31.2. The lowest BCUT2D eigenvalue weighted by atomic mass is 10.0. The first-order chi connectivity index (χ1) is 6.68. The summed E-state index contributed by atoms with van der Waals surface area (Å²) >= 11 is 0. The van der Waals surface area contributed by atoms with Crippen molar-refractivity contribution >= 4 is 12.7 Å². The molecule has 2 heteroatoms. The molecule has 0 fully saturated rings. The van der Waals surface area contributed by atoms with Gasteiger partial charge in [0.05, 0.1) is 0 Å². The lowest BCUT2D eigenvalue weighted by Crippen LogP contribution is -1.89. The standard InChI is InChI=1S/C12H13OP/c1-14(13)7-6-11-10-5-3-2-4-9(10)8-12(11)14/h2-5H,6-8H2,1H3. The van der Waals surface area contributed by atoms with Gasteiger partial charge < -0.3 is 4.57 Å². The van der Waals surface area contributed by atoms with Crippen molar-refractivity contribution in [3.05, 3.63) is 40.7 Å². The number of hydrogen-bond donors (Lipinski definition) is 0. The zero-order valence-corrected chi connectivity index (χ0v) is 9.18. The van der Waals surface area contributed by atoms with E-state index >= 15 is 0 Å². The highest BCUT2D eigenvalue weighted by Gasteiger charge is 2.36. The zero-order valence-electron chi connectivity index (χ0n) is 8.29. The van der Waals surface area contributed by atoms with Crippen LogP contribution in [0.15, 0.2) is 29.6 Å². The third kappa shape index (κ3) is 0.994.